The summed E-state index contributed by atoms with van der Waals surface area (Å²) in [5.41, 5.74) is 6.68. The Balaban J connectivity index is 1.73. The lowest BCUT2D eigenvalue weighted by atomic mass is 9.81. The predicted octanol–water partition coefficient (Wildman–Crippen LogP) is 4.28. The van der Waals surface area contributed by atoms with E-state index in [4.69, 9.17) is 0 Å². The fourth-order valence-corrected chi connectivity index (χ4v) is 5.98. The molecule has 3 aromatic rings. The van der Waals surface area contributed by atoms with Crippen LogP contribution in [0.5, 0.6) is 0 Å². The number of hydrogen-bond donors (Lipinski definition) is 2. The Kier molecular flexibility index (Phi) is 6.29. The highest BCUT2D eigenvalue weighted by Gasteiger charge is 2.29. The number of carbonyl (C=O) groups excluding carboxylic acids is 1. The highest BCUT2D eigenvalue weighted by molar-refractivity contribution is 7.87. The molecule has 0 spiro atoms. The number of benzene rings is 2. The van der Waals surface area contributed by atoms with Crippen LogP contribution >= 0.6 is 0 Å². The van der Waals surface area contributed by atoms with Crippen molar-refractivity contribution in [2.24, 2.45) is 0 Å². The Labute approximate surface area is 206 Å². The number of carbonyl (C=O) groups is 1. The van der Waals surface area contributed by atoms with E-state index in [0.717, 1.165) is 50.4 Å². The topological polar surface area (TPSA) is 91.6 Å². The molecule has 1 aliphatic heterocycles. The number of amides is 1. The van der Waals surface area contributed by atoms with Crippen LogP contribution in [0.15, 0.2) is 48.0 Å². The zero-order valence-corrected chi connectivity index (χ0v) is 20.9. The van der Waals surface area contributed by atoms with Crippen LogP contribution in [-0.2, 0) is 16.8 Å². The number of hydrogen-bond acceptors (Lipinski definition) is 4. The smallest absolute Gasteiger partial charge is 0.303 e. The van der Waals surface area contributed by atoms with Gasteiger partial charge in [-0.2, -0.15) is 12.7 Å². The molecule has 1 saturated carbocycles. The number of rotatable bonds is 5. The van der Waals surface area contributed by atoms with Crippen molar-refractivity contribution in [2.75, 3.05) is 20.7 Å². The van der Waals surface area contributed by atoms with Crippen LogP contribution < -0.4 is 4.72 Å². The molecule has 2 aromatic carbocycles. The van der Waals surface area contributed by atoms with E-state index in [0.29, 0.717) is 12.5 Å². The molecule has 2 heterocycles. The van der Waals surface area contributed by atoms with Crippen LogP contribution in [0.2, 0.25) is 0 Å². The molecule has 5 rings (SSSR count). The normalized spacial score (nSPS) is 16.5. The molecule has 2 aliphatic rings. The number of aromatic nitrogens is 1. The second-order valence-corrected chi connectivity index (χ2v) is 11.6. The monoisotopic (exact) mass is 493 g/mol. The minimum atomic E-state index is -3.90. The average Bonchev–Trinajstić information content (AvgIpc) is 3.06. The van der Waals surface area contributed by atoms with Gasteiger partial charge in [0.2, 0.25) is 0 Å². The van der Waals surface area contributed by atoms with Crippen LogP contribution in [0.25, 0.3) is 28.2 Å². The quantitative estimate of drug-likeness (QED) is 0.555. The Morgan fingerprint density at radius 3 is 2.57 bits per heavy atom. The Bertz CT molecular complexity index is 1430. The lowest BCUT2D eigenvalue weighted by Crippen LogP contribution is -2.39. The average molecular weight is 494 g/mol. The van der Waals surface area contributed by atoms with Gasteiger partial charge in [-0.3, -0.25) is 4.79 Å². The van der Waals surface area contributed by atoms with Crippen molar-refractivity contribution in [3.05, 3.63) is 64.7 Å². The van der Waals surface area contributed by atoms with Gasteiger partial charge in [0.05, 0.1) is 12.3 Å². The van der Waals surface area contributed by atoms with Gasteiger partial charge in [0, 0.05) is 42.7 Å². The third-order valence-corrected chi connectivity index (χ3v) is 8.63. The minimum absolute atomic E-state index is 0.0620. The maximum atomic E-state index is 12.9. The molecule has 2 N–H and O–H groups in total. The van der Waals surface area contributed by atoms with Gasteiger partial charge in [0.15, 0.2) is 0 Å². The fourth-order valence-electron chi connectivity index (χ4n) is 5.45. The minimum Gasteiger partial charge on any atom is -0.392 e. The SMILES string of the molecule is CN(C)S(=O)(=O)NC(=O)c1ccc2c(C3CCCCC3)c3n(c2c1)CC(CO)=Cc1ccccc1-3. The molecule has 184 valence electrons. The molecule has 0 radical (unpaired) electrons. The van der Waals surface area contributed by atoms with Crippen molar-refractivity contribution < 1.29 is 18.3 Å². The van der Waals surface area contributed by atoms with Gasteiger partial charge in [0.1, 0.15) is 0 Å². The first kappa shape index (κ1) is 23.8. The van der Waals surface area contributed by atoms with E-state index in [1.165, 1.54) is 38.9 Å². The summed E-state index contributed by atoms with van der Waals surface area (Å²) in [7, 11) is -1.15. The maximum absolute atomic E-state index is 12.9. The van der Waals surface area contributed by atoms with Gasteiger partial charge in [-0.05, 0) is 47.6 Å². The first-order valence-corrected chi connectivity index (χ1v) is 13.5. The molecule has 1 aromatic heterocycles. The fraction of sp³-hybridized carbons (Fsp3) is 0.370. The van der Waals surface area contributed by atoms with Gasteiger partial charge >= 0.3 is 10.2 Å². The summed E-state index contributed by atoms with van der Waals surface area (Å²) in [5.74, 6) is -0.248. The van der Waals surface area contributed by atoms with E-state index in [-0.39, 0.29) is 12.2 Å². The van der Waals surface area contributed by atoms with E-state index in [2.05, 4.69) is 27.5 Å². The standard InChI is InChI=1S/C27H31N3O4S/c1-29(2)35(33,34)28-27(32)21-12-13-23-24(15-21)30-16-18(17-31)14-20-10-6-7-11-22(20)26(30)25(23)19-8-4-3-5-9-19/h6-7,10-15,19,31H,3-5,8-9,16-17H2,1-2H3,(H,28,32). The second kappa shape index (κ2) is 9.26. The summed E-state index contributed by atoms with van der Waals surface area (Å²) >= 11 is 0. The van der Waals surface area contributed by atoms with Gasteiger partial charge in [-0.1, -0.05) is 55.7 Å². The molecule has 0 saturated heterocycles. The van der Waals surface area contributed by atoms with Gasteiger partial charge < -0.3 is 9.67 Å². The van der Waals surface area contributed by atoms with Crippen molar-refractivity contribution in [3.63, 3.8) is 0 Å². The first-order valence-electron chi connectivity index (χ1n) is 12.1. The number of nitrogens with one attached hydrogen (secondary N) is 1. The van der Waals surface area contributed by atoms with Crippen molar-refractivity contribution in [1.29, 1.82) is 0 Å². The zero-order chi connectivity index (χ0) is 24.7. The molecular weight excluding hydrogens is 462 g/mol. The molecule has 35 heavy (non-hydrogen) atoms. The van der Waals surface area contributed by atoms with E-state index in [1.807, 2.05) is 18.2 Å². The maximum Gasteiger partial charge on any atom is 0.303 e. The molecule has 0 atom stereocenters. The summed E-state index contributed by atoms with van der Waals surface area (Å²) in [6, 6.07) is 13.7. The predicted molar refractivity (Wildman–Crippen MR) is 138 cm³/mol. The molecule has 1 amide bonds. The molecule has 0 bridgehead atoms. The highest BCUT2D eigenvalue weighted by Crippen LogP contribution is 2.46. The van der Waals surface area contributed by atoms with Crippen LogP contribution in [0.1, 0.15) is 59.5 Å². The van der Waals surface area contributed by atoms with Gasteiger partial charge in [-0.15, -0.1) is 0 Å². The van der Waals surface area contributed by atoms with Gasteiger partial charge in [-0.25, -0.2) is 4.72 Å². The van der Waals surface area contributed by atoms with E-state index >= 15 is 0 Å². The lowest BCUT2D eigenvalue weighted by Gasteiger charge is -2.24. The van der Waals surface area contributed by atoms with Crippen molar-refractivity contribution in [1.82, 2.24) is 13.6 Å². The first-order chi connectivity index (χ1) is 16.8. The Hall–Kier alpha value is -2.94. The van der Waals surface area contributed by atoms with Crippen LogP contribution in [-0.4, -0.2) is 49.0 Å². The molecule has 8 heteroatoms. The van der Waals surface area contributed by atoms with Gasteiger partial charge in [0.25, 0.3) is 5.91 Å². The molecule has 7 nitrogen and oxygen atoms in total. The van der Waals surface area contributed by atoms with Crippen molar-refractivity contribution in [2.45, 2.75) is 44.6 Å². The Morgan fingerprint density at radius 1 is 1.11 bits per heavy atom. The summed E-state index contributed by atoms with van der Waals surface area (Å²) in [5, 5.41) is 11.2. The summed E-state index contributed by atoms with van der Waals surface area (Å²) in [6.45, 7) is 0.443. The number of nitrogens with zero attached hydrogens (tertiary/aromatic N) is 2. The number of fused-ring (bicyclic) bond motifs is 5. The third-order valence-electron chi connectivity index (χ3n) is 7.22. The van der Waals surface area contributed by atoms with Crippen molar-refractivity contribution in [3.8, 4) is 11.3 Å². The summed E-state index contributed by atoms with van der Waals surface area (Å²) in [6.07, 6.45) is 7.94. The molecule has 0 unspecified atom stereocenters. The molecule has 1 aliphatic carbocycles. The highest BCUT2D eigenvalue weighted by atomic mass is 32.2. The number of aliphatic hydroxyl groups excluding tert-OH is 1. The Morgan fingerprint density at radius 2 is 1.86 bits per heavy atom. The van der Waals surface area contributed by atoms with E-state index in [9.17, 15) is 18.3 Å². The number of aliphatic hydroxyl groups is 1. The molecule has 1 fully saturated rings. The largest absolute Gasteiger partial charge is 0.392 e. The van der Waals surface area contributed by atoms with Crippen molar-refractivity contribution >= 4 is 33.1 Å². The summed E-state index contributed by atoms with van der Waals surface area (Å²) < 4.78 is 29.8. The van der Waals surface area contributed by atoms with Crippen LogP contribution in [0, 0.1) is 0 Å². The lowest BCUT2D eigenvalue weighted by molar-refractivity contribution is 0.0980. The molecular formula is C27H31N3O4S. The van der Waals surface area contributed by atoms with E-state index < -0.39 is 16.1 Å². The third kappa shape index (κ3) is 4.30. The van der Waals surface area contributed by atoms with E-state index in [1.54, 1.807) is 12.1 Å². The zero-order valence-electron chi connectivity index (χ0n) is 20.1. The second-order valence-electron chi connectivity index (χ2n) is 9.68. The summed E-state index contributed by atoms with van der Waals surface area (Å²) in [4.78, 5) is 12.9. The van der Waals surface area contributed by atoms with Crippen LogP contribution in [0.3, 0.4) is 0 Å². The van der Waals surface area contributed by atoms with Crippen LogP contribution in [0.4, 0.5) is 0 Å².